The van der Waals surface area contributed by atoms with Crippen molar-refractivity contribution >= 4 is 17.9 Å². The Balaban J connectivity index is 1.80. The van der Waals surface area contributed by atoms with E-state index in [1.807, 2.05) is 54.6 Å². The van der Waals surface area contributed by atoms with Crippen LogP contribution in [-0.4, -0.2) is 12.2 Å². The van der Waals surface area contributed by atoms with Crippen LogP contribution in [0, 0.1) is 22.7 Å². The zero-order valence-corrected chi connectivity index (χ0v) is 17.7. The summed E-state index contributed by atoms with van der Waals surface area (Å²) in [4.78, 5) is 26.2. The minimum Gasteiger partial charge on any atom is -0.325 e. The molecule has 0 fully saturated rings. The first-order valence-electron chi connectivity index (χ1n) is 10.7. The molecule has 0 saturated heterocycles. The standard InChI is InChI=1S/C28H19N3O2/c29-15-18-5-9-20(10-6-18)23-14-13-22(17-32)26(21-11-7-19(16-30)8-12-21)28(23)24-3-1-2-4-25(24)31-27(28)33/h1-13,17,23,26H,14H2,(H,31,33). The van der Waals surface area contributed by atoms with Crippen LogP contribution in [0.15, 0.2) is 84.4 Å². The van der Waals surface area contributed by atoms with Crippen LogP contribution in [0.1, 0.15) is 46.1 Å². The van der Waals surface area contributed by atoms with Gasteiger partial charge < -0.3 is 5.32 Å². The third-order valence-electron chi connectivity index (χ3n) is 6.88. The summed E-state index contributed by atoms with van der Waals surface area (Å²) in [5.74, 6) is -0.932. The van der Waals surface area contributed by atoms with E-state index >= 15 is 0 Å². The Labute approximate surface area is 191 Å². The number of para-hydroxylation sites is 1. The molecule has 0 aromatic heterocycles. The van der Waals surface area contributed by atoms with Gasteiger partial charge in [-0.05, 0) is 59.0 Å². The lowest BCUT2D eigenvalue weighted by Crippen LogP contribution is -2.48. The number of nitriles is 2. The molecular formula is C28H19N3O2. The van der Waals surface area contributed by atoms with Gasteiger partial charge in [-0.1, -0.05) is 48.5 Å². The molecule has 1 heterocycles. The Morgan fingerprint density at radius 1 is 0.879 bits per heavy atom. The molecule has 158 valence electrons. The second-order valence-corrected chi connectivity index (χ2v) is 8.38. The van der Waals surface area contributed by atoms with Crippen molar-refractivity contribution in [2.75, 3.05) is 5.32 Å². The van der Waals surface area contributed by atoms with Gasteiger partial charge in [0.05, 0.1) is 28.7 Å². The number of nitrogens with one attached hydrogen (secondary N) is 1. The van der Waals surface area contributed by atoms with Crippen molar-refractivity contribution in [3.63, 3.8) is 0 Å². The second kappa shape index (κ2) is 7.89. The topological polar surface area (TPSA) is 93.8 Å². The van der Waals surface area contributed by atoms with Crippen LogP contribution >= 0.6 is 0 Å². The summed E-state index contributed by atoms with van der Waals surface area (Å²) in [6.45, 7) is 0. The fourth-order valence-corrected chi connectivity index (χ4v) is 5.47. The monoisotopic (exact) mass is 429 g/mol. The highest BCUT2D eigenvalue weighted by Crippen LogP contribution is 2.60. The van der Waals surface area contributed by atoms with Crippen molar-refractivity contribution in [2.45, 2.75) is 23.7 Å². The average Bonchev–Trinajstić information content (AvgIpc) is 3.16. The van der Waals surface area contributed by atoms with Gasteiger partial charge in [0.2, 0.25) is 5.91 Å². The zero-order valence-electron chi connectivity index (χ0n) is 17.7. The molecular weight excluding hydrogens is 410 g/mol. The van der Waals surface area contributed by atoms with Crippen LogP contribution in [0.4, 0.5) is 5.69 Å². The lowest BCUT2D eigenvalue weighted by molar-refractivity contribution is -0.122. The lowest BCUT2D eigenvalue weighted by atomic mass is 9.54. The van der Waals surface area contributed by atoms with Crippen LogP contribution in [0.25, 0.3) is 0 Å². The van der Waals surface area contributed by atoms with Gasteiger partial charge in [0.15, 0.2) is 0 Å². The maximum Gasteiger partial charge on any atom is 0.236 e. The molecule has 1 aliphatic heterocycles. The summed E-state index contributed by atoms with van der Waals surface area (Å²) in [6, 6.07) is 26.3. The highest BCUT2D eigenvalue weighted by Gasteiger charge is 2.59. The highest BCUT2D eigenvalue weighted by atomic mass is 16.2. The lowest BCUT2D eigenvalue weighted by Gasteiger charge is -2.45. The fourth-order valence-electron chi connectivity index (χ4n) is 5.47. The number of amides is 1. The van der Waals surface area contributed by atoms with Gasteiger partial charge in [-0.3, -0.25) is 9.59 Å². The summed E-state index contributed by atoms with van der Waals surface area (Å²) >= 11 is 0. The van der Waals surface area contributed by atoms with Gasteiger partial charge in [0, 0.05) is 17.5 Å². The number of allylic oxidation sites excluding steroid dienone is 2. The summed E-state index contributed by atoms with van der Waals surface area (Å²) in [6.07, 6.45) is 3.26. The van der Waals surface area contributed by atoms with Crippen LogP contribution in [0.3, 0.4) is 0 Å². The maximum atomic E-state index is 13.9. The van der Waals surface area contributed by atoms with Gasteiger partial charge in [-0.25, -0.2) is 0 Å². The first kappa shape index (κ1) is 20.4. The molecule has 0 bridgehead atoms. The summed E-state index contributed by atoms with van der Waals surface area (Å²) in [5, 5.41) is 21.5. The summed E-state index contributed by atoms with van der Waals surface area (Å²) < 4.78 is 0. The average molecular weight is 429 g/mol. The van der Waals surface area contributed by atoms with Gasteiger partial charge in [-0.2, -0.15) is 10.5 Å². The molecule has 33 heavy (non-hydrogen) atoms. The molecule has 0 saturated carbocycles. The number of carbonyl (C=O) groups excluding carboxylic acids is 2. The van der Waals surface area contributed by atoms with Crippen molar-refractivity contribution in [3.8, 4) is 12.1 Å². The van der Waals surface area contributed by atoms with Crippen LogP contribution in [0.5, 0.6) is 0 Å². The van der Waals surface area contributed by atoms with E-state index in [4.69, 9.17) is 0 Å². The molecule has 1 N–H and O–H groups in total. The van der Waals surface area contributed by atoms with Gasteiger partial charge in [0.25, 0.3) is 0 Å². The molecule has 3 unspecified atom stereocenters. The van der Waals surface area contributed by atoms with E-state index in [1.165, 1.54) is 0 Å². The predicted molar refractivity (Wildman–Crippen MR) is 123 cm³/mol. The Bertz CT molecular complexity index is 1370. The Morgan fingerprint density at radius 3 is 2.09 bits per heavy atom. The number of hydrogen-bond donors (Lipinski definition) is 1. The number of nitrogens with zero attached hydrogens (tertiary/aromatic N) is 2. The largest absolute Gasteiger partial charge is 0.325 e. The molecule has 1 aliphatic carbocycles. The van der Waals surface area contributed by atoms with E-state index < -0.39 is 11.3 Å². The molecule has 3 aromatic rings. The molecule has 5 nitrogen and oxygen atoms in total. The minimum absolute atomic E-state index is 0.153. The van der Waals surface area contributed by atoms with E-state index in [9.17, 15) is 20.1 Å². The smallest absolute Gasteiger partial charge is 0.236 e. The van der Waals surface area contributed by atoms with E-state index in [-0.39, 0.29) is 11.8 Å². The summed E-state index contributed by atoms with van der Waals surface area (Å²) in [7, 11) is 0. The van der Waals surface area contributed by atoms with Gasteiger partial charge in [0.1, 0.15) is 6.29 Å². The Morgan fingerprint density at radius 2 is 1.48 bits per heavy atom. The number of fused-ring (bicyclic) bond motifs is 2. The van der Waals surface area contributed by atoms with Crippen molar-refractivity contribution in [3.05, 3.63) is 112 Å². The van der Waals surface area contributed by atoms with Gasteiger partial charge in [-0.15, -0.1) is 0 Å². The van der Waals surface area contributed by atoms with E-state index in [0.717, 1.165) is 28.7 Å². The van der Waals surface area contributed by atoms with E-state index in [2.05, 4.69) is 17.5 Å². The second-order valence-electron chi connectivity index (χ2n) is 8.38. The van der Waals surface area contributed by atoms with Crippen LogP contribution in [0.2, 0.25) is 0 Å². The third kappa shape index (κ3) is 2.98. The fraction of sp³-hybridized carbons (Fsp3) is 0.143. The van der Waals surface area contributed by atoms with Gasteiger partial charge >= 0.3 is 0 Å². The zero-order chi connectivity index (χ0) is 23.0. The molecule has 3 atom stereocenters. The Kier molecular flexibility index (Phi) is 4.89. The molecule has 1 amide bonds. The van der Waals surface area contributed by atoms with E-state index in [0.29, 0.717) is 23.1 Å². The Hall–Kier alpha value is -4.48. The number of aldehydes is 1. The predicted octanol–water partition coefficient (Wildman–Crippen LogP) is 4.72. The number of benzene rings is 3. The molecule has 1 spiro atoms. The number of carbonyl (C=O) groups is 2. The first-order chi connectivity index (χ1) is 16.1. The minimum atomic E-state index is -1.05. The van der Waals surface area contributed by atoms with Crippen molar-refractivity contribution < 1.29 is 9.59 Å². The molecule has 5 rings (SSSR count). The van der Waals surface area contributed by atoms with Crippen molar-refractivity contribution in [1.29, 1.82) is 10.5 Å². The number of anilines is 1. The van der Waals surface area contributed by atoms with Crippen molar-refractivity contribution in [1.82, 2.24) is 0 Å². The van der Waals surface area contributed by atoms with Crippen LogP contribution < -0.4 is 5.32 Å². The van der Waals surface area contributed by atoms with Crippen molar-refractivity contribution in [2.24, 2.45) is 0 Å². The van der Waals surface area contributed by atoms with E-state index in [1.54, 1.807) is 24.3 Å². The third-order valence-corrected chi connectivity index (χ3v) is 6.88. The first-order valence-corrected chi connectivity index (χ1v) is 10.7. The van der Waals surface area contributed by atoms with Crippen LogP contribution in [-0.2, 0) is 15.0 Å². The maximum absolute atomic E-state index is 13.9. The number of hydrogen-bond acceptors (Lipinski definition) is 4. The molecule has 0 radical (unpaired) electrons. The SMILES string of the molecule is N#Cc1ccc(C2CC=C(C=O)C(c3ccc(C#N)cc3)C23C(=O)Nc2ccccc23)cc1. The molecule has 2 aliphatic rings. The number of rotatable bonds is 3. The normalized spacial score (nSPS) is 23.1. The summed E-state index contributed by atoms with van der Waals surface area (Å²) in [5.41, 5.74) is 3.89. The molecule has 3 aromatic carbocycles. The highest BCUT2D eigenvalue weighted by molar-refractivity contribution is 6.09. The quantitative estimate of drug-likeness (QED) is 0.610. The molecule has 5 heteroatoms.